The summed E-state index contributed by atoms with van der Waals surface area (Å²) in [7, 11) is 2.84. The van der Waals surface area contributed by atoms with Crippen molar-refractivity contribution in [2.24, 2.45) is 0 Å². The molecule has 25 heavy (non-hydrogen) atoms. The molecule has 0 aromatic heterocycles. The number of carbonyl (C=O) groups is 2. The zero-order chi connectivity index (χ0) is 18.0. The number of methoxy groups -OCH3 is 2. The molecular formula is C20H18O5. The monoisotopic (exact) mass is 338 g/mol. The molecule has 128 valence electrons. The molecule has 1 unspecified atom stereocenters. The SMILES string of the molecule is COc1cc(C(O)Cc2ccccc2)c(OC)c2c1C(=O)C=CC2=O. The van der Waals surface area contributed by atoms with Gasteiger partial charge < -0.3 is 14.6 Å². The van der Waals surface area contributed by atoms with Gasteiger partial charge in [0.15, 0.2) is 11.6 Å². The van der Waals surface area contributed by atoms with Gasteiger partial charge in [0, 0.05) is 12.0 Å². The molecule has 0 fully saturated rings. The highest BCUT2D eigenvalue weighted by atomic mass is 16.5. The molecule has 1 aliphatic carbocycles. The van der Waals surface area contributed by atoms with Crippen LogP contribution in [-0.4, -0.2) is 30.9 Å². The minimum atomic E-state index is -0.912. The smallest absolute Gasteiger partial charge is 0.190 e. The van der Waals surface area contributed by atoms with Crippen LogP contribution in [0, 0.1) is 0 Å². The average Bonchev–Trinajstić information content (AvgIpc) is 2.64. The Balaban J connectivity index is 2.13. The number of aliphatic hydroxyl groups excluding tert-OH is 1. The van der Waals surface area contributed by atoms with Crippen molar-refractivity contribution in [3.05, 3.63) is 70.8 Å². The van der Waals surface area contributed by atoms with Crippen LogP contribution in [0.3, 0.4) is 0 Å². The van der Waals surface area contributed by atoms with Crippen LogP contribution < -0.4 is 9.47 Å². The Morgan fingerprint density at radius 2 is 1.60 bits per heavy atom. The van der Waals surface area contributed by atoms with Crippen molar-refractivity contribution >= 4 is 11.6 Å². The zero-order valence-electron chi connectivity index (χ0n) is 14.0. The molecule has 2 aromatic carbocycles. The summed E-state index contributed by atoms with van der Waals surface area (Å²) in [5.41, 5.74) is 1.66. The summed E-state index contributed by atoms with van der Waals surface area (Å²) in [6.07, 6.45) is 1.86. The Morgan fingerprint density at radius 3 is 2.20 bits per heavy atom. The lowest BCUT2D eigenvalue weighted by Crippen LogP contribution is -2.17. The van der Waals surface area contributed by atoms with E-state index in [2.05, 4.69) is 0 Å². The van der Waals surface area contributed by atoms with E-state index in [1.807, 2.05) is 30.3 Å². The van der Waals surface area contributed by atoms with E-state index in [0.29, 0.717) is 12.0 Å². The number of aliphatic hydroxyl groups is 1. The first kappa shape index (κ1) is 16.9. The van der Waals surface area contributed by atoms with Gasteiger partial charge in [0.25, 0.3) is 0 Å². The Morgan fingerprint density at radius 1 is 0.960 bits per heavy atom. The number of ether oxygens (including phenoxy) is 2. The topological polar surface area (TPSA) is 72.8 Å². The molecule has 0 spiro atoms. The van der Waals surface area contributed by atoms with Crippen molar-refractivity contribution in [1.82, 2.24) is 0 Å². The van der Waals surface area contributed by atoms with Gasteiger partial charge in [-0.15, -0.1) is 0 Å². The lowest BCUT2D eigenvalue weighted by Gasteiger charge is -2.22. The maximum atomic E-state index is 12.4. The Bertz CT molecular complexity index is 852. The predicted molar refractivity (Wildman–Crippen MR) is 92.5 cm³/mol. The second kappa shape index (κ2) is 6.91. The molecule has 0 radical (unpaired) electrons. The van der Waals surface area contributed by atoms with E-state index >= 15 is 0 Å². The molecule has 1 atom stereocenters. The van der Waals surface area contributed by atoms with Gasteiger partial charge in [-0.25, -0.2) is 0 Å². The number of rotatable bonds is 5. The molecule has 0 amide bonds. The van der Waals surface area contributed by atoms with Crippen LogP contribution in [0.2, 0.25) is 0 Å². The highest BCUT2D eigenvalue weighted by molar-refractivity contribution is 6.24. The molecule has 3 rings (SSSR count). The van der Waals surface area contributed by atoms with Crippen LogP contribution in [0.25, 0.3) is 0 Å². The van der Waals surface area contributed by atoms with Gasteiger partial charge in [-0.1, -0.05) is 30.3 Å². The fourth-order valence-electron chi connectivity index (χ4n) is 3.03. The van der Waals surface area contributed by atoms with Crippen LogP contribution in [0.4, 0.5) is 0 Å². The summed E-state index contributed by atoms with van der Waals surface area (Å²) in [5.74, 6) is -0.213. The number of ketones is 2. The third-order valence-electron chi connectivity index (χ3n) is 4.21. The molecule has 0 aliphatic heterocycles. The normalized spacial score (nSPS) is 14.2. The molecule has 0 heterocycles. The van der Waals surface area contributed by atoms with Gasteiger partial charge >= 0.3 is 0 Å². The van der Waals surface area contributed by atoms with Crippen molar-refractivity contribution < 1.29 is 24.2 Å². The number of hydrogen-bond donors (Lipinski definition) is 1. The minimum absolute atomic E-state index is 0.136. The summed E-state index contributed by atoms with van der Waals surface area (Å²) in [4.78, 5) is 24.6. The van der Waals surface area contributed by atoms with E-state index in [4.69, 9.17) is 9.47 Å². The molecule has 0 bridgehead atoms. The Hall–Kier alpha value is -2.92. The van der Waals surface area contributed by atoms with Crippen LogP contribution in [0.1, 0.15) is 37.9 Å². The number of allylic oxidation sites excluding steroid dienone is 2. The zero-order valence-corrected chi connectivity index (χ0v) is 14.0. The molecule has 0 saturated heterocycles. The van der Waals surface area contributed by atoms with Crippen molar-refractivity contribution in [2.75, 3.05) is 14.2 Å². The lowest BCUT2D eigenvalue weighted by atomic mass is 9.88. The summed E-state index contributed by atoms with van der Waals surface area (Å²) in [6, 6.07) is 11.1. The maximum Gasteiger partial charge on any atom is 0.190 e. The van der Waals surface area contributed by atoms with E-state index in [0.717, 1.165) is 5.56 Å². The van der Waals surface area contributed by atoms with Crippen LogP contribution in [-0.2, 0) is 6.42 Å². The molecular weight excluding hydrogens is 320 g/mol. The number of carbonyl (C=O) groups excluding carboxylic acids is 2. The third-order valence-corrected chi connectivity index (χ3v) is 4.21. The number of hydrogen-bond acceptors (Lipinski definition) is 5. The Labute approximate surface area is 145 Å². The van der Waals surface area contributed by atoms with E-state index < -0.39 is 6.10 Å². The highest BCUT2D eigenvalue weighted by Gasteiger charge is 2.31. The van der Waals surface area contributed by atoms with Gasteiger partial charge in [0.05, 0.1) is 31.5 Å². The summed E-state index contributed by atoms with van der Waals surface area (Å²) in [6.45, 7) is 0. The first-order chi connectivity index (χ1) is 12.1. The van der Waals surface area contributed by atoms with Gasteiger partial charge in [-0.3, -0.25) is 9.59 Å². The van der Waals surface area contributed by atoms with Crippen LogP contribution >= 0.6 is 0 Å². The summed E-state index contributed by atoms with van der Waals surface area (Å²) < 4.78 is 10.7. The van der Waals surface area contributed by atoms with Gasteiger partial charge in [0.1, 0.15) is 11.5 Å². The first-order valence-corrected chi connectivity index (χ1v) is 7.84. The molecule has 1 N–H and O–H groups in total. The standard InChI is InChI=1S/C20H18O5/c1-24-17-11-13(16(23)10-12-6-4-3-5-7-12)20(25-2)19-15(22)9-8-14(21)18(17)19/h3-9,11,16,23H,10H2,1-2H3. The minimum Gasteiger partial charge on any atom is -0.496 e. The quantitative estimate of drug-likeness (QED) is 0.907. The van der Waals surface area contributed by atoms with E-state index in [1.165, 1.54) is 26.4 Å². The maximum absolute atomic E-state index is 12.4. The molecule has 0 saturated carbocycles. The average molecular weight is 338 g/mol. The fraction of sp³-hybridized carbons (Fsp3) is 0.200. The second-order valence-corrected chi connectivity index (χ2v) is 5.72. The van der Waals surface area contributed by atoms with Gasteiger partial charge in [-0.05, 0) is 23.8 Å². The lowest BCUT2D eigenvalue weighted by molar-refractivity contribution is 0.0987. The van der Waals surface area contributed by atoms with E-state index in [-0.39, 0.29) is 34.2 Å². The number of fused-ring (bicyclic) bond motifs is 1. The van der Waals surface area contributed by atoms with Crippen molar-refractivity contribution in [1.29, 1.82) is 0 Å². The largest absolute Gasteiger partial charge is 0.496 e. The highest BCUT2D eigenvalue weighted by Crippen LogP contribution is 2.40. The van der Waals surface area contributed by atoms with Crippen molar-refractivity contribution in [2.45, 2.75) is 12.5 Å². The van der Waals surface area contributed by atoms with Gasteiger partial charge in [-0.2, -0.15) is 0 Å². The van der Waals surface area contributed by atoms with Gasteiger partial charge in [0.2, 0.25) is 0 Å². The van der Waals surface area contributed by atoms with Crippen LogP contribution in [0.15, 0.2) is 48.6 Å². The molecule has 1 aliphatic rings. The van der Waals surface area contributed by atoms with Crippen molar-refractivity contribution in [3.63, 3.8) is 0 Å². The number of benzene rings is 2. The van der Waals surface area contributed by atoms with Crippen molar-refractivity contribution in [3.8, 4) is 11.5 Å². The fourth-order valence-corrected chi connectivity index (χ4v) is 3.03. The molecule has 2 aromatic rings. The second-order valence-electron chi connectivity index (χ2n) is 5.72. The molecule has 5 nitrogen and oxygen atoms in total. The predicted octanol–water partition coefficient (Wildman–Crippen LogP) is 2.92. The Kier molecular flexibility index (Phi) is 4.67. The molecule has 5 heteroatoms. The van der Waals surface area contributed by atoms with E-state index in [1.54, 1.807) is 6.07 Å². The summed E-state index contributed by atoms with van der Waals surface area (Å²) >= 11 is 0. The summed E-state index contributed by atoms with van der Waals surface area (Å²) in [5, 5.41) is 10.7. The first-order valence-electron chi connectivity index (χ1n) is 7.84. The van der Waals surface area contributed by atoms with Crippen LogP contribution in [0.5, 0.6) is 11.5 Å². The van der Waals surface area contributed by atoms with E-state index in [9.17, 15) is 14.7 Å². The third kappa shape index (κ3) is 3.06.